The van der Waals surface area contributed by atoms with Crippen LogP contribution in [0, 0.1) is 0 Å². The molecular weight excluding hydrogens is 194 g/mol. The average molecular weight is 200 g/mol. The second-order valence-electron chi connectivity index (χ2n) is 2.54. The Hall–Kier alpha value is -0.800. The molecule has 1 aromatic heterocycles. The zero-order chi connectivity index (χ0) is 8.72. The van der Waals surface area contributed by atoms with E-state index in [1.807, 2.05) is 11.0 Å². The average Bonchev–Trinajstić information content (AvgIpc) is 2.28. The van der Waals surface area contributed by atoms with E-state index in [1.165, 1.54) is 11.5 Å². The summed E-state index contributed by atoms with van der Waals surface area (Å²) in [5, 5.41) is 1.41. The van der Waals surface area contributed by atoms with Gasteiger partial charge < -0.3 is 0 Å². The fraction of sp³-hybridized carbons (Fsp3) is 0.125. The van der Waals surface area contributed by atoms with Crippen molar-refractivity contribution in [2.75, 3.05) is 0 Å². The lowest BCUT2D eigenvalue weighted by Crippen LogP contribution is -1.85. The van der Waals surface area contributed by atoms with Gasteiger partial charge in [-0.25, -0.2) is 0 Å². The number of aryl methyl sites for hydroxylation is 1. The molecular formula is C8H6ClNOS. The van der Waals surface area contributed by atoms with E-state index in [1.54, 1.807) is 18.2 Å². The summed E-state index contributed by atoms with van der Waals surface area (Å²) in [5.41, 5.74) is 0.900. The van der Waals surface area contributed by atoms with Gasteiger partial charge in [0.15, 0.2) is 0 Å². The Balaban J connectivity index is 3.00. The first kappa shape index (κ1) is 7.83. The van der Waals surface area contributed by atoms with Gasteiger partial charge in [-0.15, -0.1) is 0 Å². The van der Waals surface area contributed by atoms with Gasteiger partial charge in [-0.3, -0.25) is 8.75 Å². The third-order valence-electron chi connectivity index (χ3n) is 1.74. The molecule has 0 spiro atoms. The molecule has 0 radical (unpaired) electrons. The van der Waals surface area contributed by atoms with Crippen LogP contribution in [0.5, 0.6) is 0 Å². The molecule has 0 saturated heterocycles. The first-order valence-corrected chi connectivity index (χ1v) is 4.59. The summed E-state index contributed by atoms with van der Waals surface area (Å²) in [4.78, 5) is 11.3. The quantitative estimate of drug-likeness (QED) is 0.638. The monoisotopic (exact) mass is 199 g/mol. The summed E-state index contributed by atoms with van der Waals surface area (Å²) in [6.45, 7) is 0. The van der Waals surface area contributed by atoms with Crippen LogP contribution in [0.4, 0.5) is 0 Å². The van der Waals surface area contributed by atoms with Crippen molar-refractivity contribution in [3.63, 3.8) is 0 Å². The molecule has 0 N–H and O–H groups in total. The number of aromatic nitrogens is 1. The molecule has 0 amide bonds. The Kier molecular flexibility index (Phi) is 1.70. The number of fused-ring (bicyclic) bond motifs is 1. The third-order valence-corrected chi connectivity index (χ3v) is 2.83. The largest absolute Gasteiger partial charge is 0.297 e. The van der Waals surface area contributed by atoms with E-state index in [2.05, 4.69) is 0 Å². The molecule has 2 aromatic rings. The Morgan fingerprint density at radius 3 is 3.00 bits per heavy atom. The summed E-state index contributed by atoms with van der Waals surface area (Å²) >= 11 is 6.98. The van der Waals surface area contributed by atoms with Crippen LogP contribution < -0.4 is 4.74 Å². The summed E-state index contributed by atoms with van der Waals surface area (Å²) in [7, 11) is 1.85. The van der Waals surface area contributed by atoms with Crippen molar-refractivity contribution in [2.45, 2.75) is 0 Å². The molecule has 1 aromatic carbocycles. The minimum atomic E-state index is 0.0872. The second-order valence-corrected chi connectivity index (χ2v) is 4.08. The van der Waals surface area contributed by atoms with Gasteiger partial charge in [0.2, 0.25) is 0 Å². The number of benzene rings is 1. The highest BCUT2D eigenvalue weighted by molar-refractivity contribution is 7.05. The first-order valence-electron chi connectivity index (χ1n) is 3.44. The standard InChI is InChI=1S/C8H6ClNOS/c1-10-7-4-5(9)2-3-6(7)8(11)12-10/h2-4H,1H3. The number of nitrogens with zero attached hydrogens (tertiary/aromatic N) is 1. The van der Waals surface area contributed by atoms with Crippen molar-refractivity contribution < 1.29 is 0 Å². The third kappa shape index (κ3) is 1.06. The molecule has 0 bridgehead atoms. The summed E-state index contributed by atoms with van der Waals surface area (Å²) in [5.74, 6) is 0. The number of halogens is 1. The van der Waals surface area contributed by atoms with E-state index < -0.39 is 0 Å². The normalized spacial score (nSPS) is 10.8. The molecule has 0 fully saturated rings. The highest BCUT2D eigenvalue weighted by Crippen LogP contribution is 2.17. The zero-order valence-electron chi connectivity index (χ0n) is 6.37. The van der Waals surface area contributed by atoms with Crippen LogP contribution in [0.15, 0.2) is 23.0 Å². The van der Waals surface area contributed by atoms with Crippen molar-refractivity contribution in [2.24, 2.45) is 7.05 Å². The maximum atomic E-state index is 11.3. The summed E-state index contributed by atoms with van der Waals surface area (Å²) in [6, 6.07) is 5.29. The van der Waals surface area contributed by atoms with Crippen LogP contribution in [0.25, 0.3) is 10.9 Å². The number of hydrogen-bond acceptors (Lipinski definition) is 2. The van der Waals surface area contributed by atoms with Crippen LogP contribution in [-0.4, -0.2) is 3.96 Å². The van der Waals surface area contributed by atoms with Crippen molar-refractivity contribution >= 4 is 34.0 Å². The molecule has 0 aliphatic rings. The van der Waals surface area contributed by atoms with E-state index in [4.69, 9.17) is 11.6 Å². The lowest BCUT2D eigenvalue weighted by molar-refractivity contribution is 1.08. The first-order chi connectivity index (χ1) is 5.68. The van der Waals surface area contributed by atoms with E-state index in [-0.39, 0.29) is 4.74 Å². The van der Waals surface area contributed by atoms with Gasteiger partial charge in [0.25, 0.3) is 4.74 Å². The predicted octanol–water partition coefficient (Wildman–Crippen LogP) is 2.25. The van der Waals surface area contributed by atoms with Crippen molar-refractivity contribution in [3.05, 3.63) is 32.8 Å². The SMILES string of the molecule is Cn1sc(=O)c2ccc(Cl)cc21. The Bertz CT molecular complexity index is 485. The van der Waals surface area contributed by atoms with Gasteiger partial charge in [-0.1, -0.05) is 11.6 Å². The number of rotatable bonds is 0. The van der Waals surface area contributed by atoms with Gasteiger partial charge in [0, 0.05) is 12.1 Å². The smallest absolute Gasteiger partial charge is 0.257 e. The van der Waals surface area contributed by atoms with E-state index >= 15 is 0 Å². The lowest BCUT2D eigenvalue weighted by Gasteiger charge is -1.93. The van der Waals surface area contributed by atoms with Gasteiger partial charge in [-0.2, -0.15) is 0 Å². The molecule has 0 unspecified atom stereocenters. The molecule has 4 heteroatoms. The van der Waals surface area contributed by atoms with Crippen LogP contribution in [0.1, 0.15) is 0 Å². The second kappa shape index (κ2) is 2.61. The molecule has 0 aliphatic carbocycles. The van der Waals surface area contributed by atoms with E-state index in [9.17, 15) is 4.79 Å². The minimum Gasteiger partial charge on any atom is -0.297 e. The topological polar surface area (TPSA) is 22.0 Å². The maximum Gasteiger partial charge on any atom is 0.257 e. The van der Waals surface area contributed by atoms with Crippen LogP contribution in [0.2, 0.25) is 5.02 Å². The van der Waals surface area contributed by atoms with Crippen LogP contribution >= 0.6 is 23.1 Å². The van der Waals surface area contributed by atoms with Crippen LogP contribution in [0.3, 0.4) is 0 Å². The van der Waals surface area contributed by atoms with Gasteiger partial charge in [0.05, 0.1) is 10.9 Å². The Morgan fingerprint density at radius 1 is 1.50 bits per heavy atom. The van der Waals surface area contributed by atoms with Crippen molar-refractivity contribution in [3.8, 4) is 0 Å². The molecule has 2 nitrogen and oxygen atoms in total. The molecule has 0 saturated carbocycles. The summed E-state index contributed by atoms with van der Waals surface area (Å²) in [6.07, 6.45) is 0. The minimum absolute atomic E-state index is 0.0872. The molecule has 2 rings (SSSR count). The highest BCUT2D eigenvalue weighted by Gasteiger charge is 2.03. The summed E-state index contributed by atoms with van der Waals surface area (Å²) < 4.78 is 1.91. The predicted molar refractivity (Wildman–Crippen MR) is 52.1 cm³/mol. The molecule has 62 valence electrons. The molecule has 12 heavy (non-hydrogen) atoms. The Morgan fingerprint density at radius 2 is 2.25 bits per heavy atom. The highest BCUT2D eigenvalue weighted by atomic mass is 35.5. The van der Waals surface area contributed by atoms with Gasteiger partial charge in [0.1, 0.15) is 0 Å². The molecule has 0 atom stereocenters. The molecule has 1 heterocycles. The van der Waals surface area contributed by atoms with Crippen LogP contribution in [-0.2, 0) is 7.05 Å². The fourth-order valence-corrected chi connectivity index (χ4v) is 2.10. The van der Waals surface area contributed by atoms with Gasteiger partial charge in [-0.05, 0) is 29.7 Å². The van der Waals surface area contributed by atoms with Crippen molar-refractivity contribution in [1.82, 2.24) is 3.96 Å². The maximum absolute atomic E-state index is 11.3. The van der Waals surface area contributed by atoms with Crippen molar-refractivity contribution in [1.29, 1.82) is 0 Å². The van der Waals surface area contributed by atoms with E-state index in [0.29, 0.717) is 5.02 Å². The zero-order valence-corrected chi connectivity index (χ0v) is 7.95. The van der Waals surface area contributed by atoms with Gasteiger partial charge >= 0.3 is 0 Å². The lowest BCUT2D eigenvalue weighted by atomic mass is 10.2. The number of hydrogen-bond donors (Lipinski definition) is 0. The molecule has 0 aliphatic heterocycles. The van der Waals surface area contributed by atoms with E-state index in [0.717, 1.165) is 10.9 Å². The fourth-order valence-electron chi connectivity index (χ4n) is 1.16. The Labute approximate surface area is 78.2 Å².